The van der Waals surface area contributed by atoms with E-state index >= 15 is 0 Å². The van der Waals surface area contributed by atoms with Crippen molar-refractivity contribution in [2.45, 2.75) is 19.9 Å². The number of ketones is 1. The number of fused-ring (bicyclic) bond motifs is 2. The highest BCUT2D eigenvalue weighted by Crippen LogP contribution is 2.46. The Kier molecular flexibility index (Phi) is 7.32. The van der Waals surface area contributed by atoms with E-state index in [9.17, 15) is 14.7 Å². The number of benzene rings is 2. The van der Waals surface area contributed by atoms with Crippen molar-refractivity contribution in [3.05, 3.63) is 96.0 Å². The minimum Gasteiger partial charge on any atom is -0.505 e. The molecule has 1 amide bonds. The fourth-order valence-electron chi connectivity index (χ4n) is 5.23. The Labute approximate surface area is 251 Å². The van der Waals surface area contributed by atoms with E-state index in [1.807, 2.05) is 19.1 Å². The van der Waals surface area contributed by atoms with Crippen LogP contribution in [0.2, 0.25) is 0 Å². The van der Waals surface area contributed by atoms with E-state index in [-0.39, 0.29) is 17.9 Å². The molecule has 0 radical (unpaired) electrons. The van der Waals surface area contributed by atoms with Crippen LogP contribution in [0.25, 0.3) is 21.6 Å². The smallest absolute Gasteiger partial charge is 0.301 e. The zero-order valence-corrected chi connectivity index (χ0v) is 24.6. The molecule has 5 aromatic rings. The van der Waals surface area contributed by atoms with Crippen LogP contribution in [0.5, 0.6) is 17.2 Å². The topological polar surface area (TPSA) is 115 Å². The summed E-state index contributed by atoms with van der Waals surface area (Å²) < 4.78 is 19.5. The third-order valence-corrected chi connectivity index (χ3v) is 8.12. The number of aliphatic hydroxyl groups is 1. The first-order valence-corrected chi connectivity index (χ1v) is 14.4. The van der Waals surface area contributed by atoms with Crippen molar-refractivity contribution in [2.24, 2.45) is 0 Å². The number of aromatic nitrogens is 3. The molecule has 1 aliphatic rings. The second-order valence-electron chi connectivity index (χ2n) is 9.71. The summed E-state index contributed by atoms with van der Waals surface area (Å²) >= 11 is 1.25. The number of Topliss-reactive ketones (excluding diaryl/α,β-unsaturated/α-hetero) is 1. The van der Waals surface area contributed by atoms with Gasteiger partial charge in [0.25, 0.3) is 5.78 Å². The van der Waals surface area contributed by atoms with E-state index in [0.29, 0.717) is 57.1 Å². The standard InChI is InChI=1S/C32H28N4O6S/c1-5-15-42-22-13-10-19(16-23(22)41-6-2)28-26(29(37)27-18(3)33-25-9-7-8-14-35(25)27)30(38)31(39)36(28)32-34-21-12-11-20(40-4)17-24(21)43-32/h5,7-14,16-17,28,37H,1,6,15H2,2-4H3. The normalized spacial score (nSPS) is 16.3. The molecule has 1 atom stereocenters. The van der Waals surface area contributed by atoms with Gasteiger partial charge in [0.2, 0.25) is 0 Å². The van der Waals surface area contributed by atoms with Gasteiger partial charge in [0.15, 0.2) is 22.4 Å². The second kappa shape index (κ2) is 11.3. The van der Waals surface area contributed by atoms with E-state index in [4.69, 9.17) is 19.2 Å². The number of carbonyl (C=O) groups excluding carboxylic acids is 2. The monoisotopic (exact) mass is 596 g/mol. The van der Waals surface area contributed by atoms with E-state index in [2.05, 4.69) is 11.6 Å². The summed E-state index contributed by atoms with van der Waals surface area (Å²) in [5, 5.41) is 12.1. The molecule has 1 saturated heterocycles. The number of anilines is 1. The SMILES string of the molecule is C=CCOc1ccc(C2C(=C(O)c3c(C)nc4ccccn34)C(=O)C(=O)N2c2nc3ccc(OC)cc3s2)cc1OCC. The van der Waals surface area contributed by atoms with Gasteiger partial charge in [-0.1, -0.05) is 36.1 Å². The average molecular weight is 597 g/mol. The van der Waals surface area contributed by atoms with Crippen LogP contribution in [-0.2, 0) is 9.59 Å². The third kappa shape index (κ3) is 4.77. The molecule has 1 fully saturated rings. The number of hydrogen-bond acceptors (Lipinski definition) is 9. The van der Waals surface area contributed by atoms with Gasteiger partial charge in [0.1, 0.15) is 23.7 Å². The maximum atomic E-state index is 13.8. The summed E-state index contributed by atoms with van der Waals surface area (Å²) in [4.78, 5) is 38.2. The number of aliphatic hydroxyl groups excluding tert-OH is 1. The van der Waals surface area contributed by atoms with Crippen LogP contribution in [0.1, 0.15) is 29.9 Å². The molecule has 6 rings (SSSR count). The molecule has 10 nitrogen and oxygen atoms in total. The molecule has 0 spiro atoms. The minimum absolute atomic E-state index is 0.0854. The number of hydrogen-bond donors (Lipinski definition) is 1. The summed E-state index contributed by atoms with van der Waals surface area (Å²) in [5.41, 5.74) is 2.50. The first-order valence-electron chi connectivity index (χ1n) is 13.6. The van der Waals surface area contributed by atoms with Crippen molar-refractivity contribution >= 4 is 49.8 Å². The highest BCUT2D eigenvalue weighted by molar-refractivity contribution is 7.22. The van der Waals surface area contributed by atoms with Crippen molar-refractivity contribution in [2.75, 3.05) is 25.2 Å². The highest BCUT2D eigenvalue weighted by Gasteiger charge is 2.49. The second-order valence-corrected chi connectivity index (χ2v) is 10.7. The number of rotatable bonds is 9. The number of amides is 1. The van der Waals surface area contributed by atoms with Crippen molar-refractivity contribution < 1.29 is 28.9 Å². The molecule has 1 N–H and O–H groups in total. The van der Waals surface area contributed by atoms with Gasteiger partial charge in [0, 0.05) is 6.20 Å². The van der Waals surface area contributed by atoms with Gasteiger partial charge < -0.3 is 19.3 Å². The number of pyridine rings is 1. The Hall–Kier alpha value is -5.16. The predicted molar refractivity (Wildman–Crippen MR) is 164 cm³/mol. The van der Waals surface area contributed by atoms with Crippen LogP contribution in [0.4, 0.5) is 5.13 Å². The van der Waals surface area contributed by atoms with Crippen molar-refractivity contribution in [3.63, 3.8) is 0 Å². The molecule has 218 valence electrons. The van der Waals surface area contributed by atoms with Crippen LogP contribution in [-0.4, -0.2) is 51.5 Å². The number of aryl methyl sites for hydroxylation is 1. The van der Waals surface area contributed by atoms with E-state index in [1.54, 1.807) is 73.2 Å². The van der Waals surface area contributed by atoms with Crippen LogP contribution in [0.3, 0.4) is 0 Å². The highest BCUT2D eigenvalue weighted by atomic mass is 32.1. The molecule has 1 aliphatic heterocycles. The number of nitrogens with zero attached hydrogens (tertiary/aromatic N) is 4. The van der Waals surface area contributed by atoms with Crippen molar-refractivity contribution in [3.8, 4) is 17.2 Å². The average Bonchev–Trinajstić information content (AvgIpc) is 3.66. The Morgan fingerprint density at radius 3 is 2.70 bits per heavy atom. The summed E-state index contributed by atoms with van der Waals surface area (Å²) in [6, 6.07) is 15.0. The third-order valence-electron chi connectivity index (χ3n) is 7.10. The predicted octanol–water partition coefficient (Wildman–Crippen LogP) is 5.85. The lowest BCUT2D eigenvalue weighted by molar-refractivity contribution is -0.132. The van der Waals surface area contributed by atoms with Gasteiger partial charge in [-0.15, -0.1) is 0 Å². The molecule has 11 heteroatoms. The Morgan fingerprint density at radius 2 is 1.93 bits per heavy atom. The largest absolute Gasteiger partial charge is 0.505 e. The molecular formula is C32H28N4O6S. The quantitative estimate of drug-likeness (QED) is 0.0975. The molecule has 0 bridgehead atoms. The first-order chi connectivity index (χ1) is 20.9. The van der Waals surface area contributed by atoms with Gasteiger partial charge in [-0.25, -0.2) is 9.97 Å². The number of imidazole rings is 1. The van der Waals surface area contributed by atoms with E-state index in [0.717, 1.165) is 4.70 Å². The molecule has 4 heterocycles. The molecule has 0 aliphatic carbocycles. The maximum absolute atomic E-state index is 13.8. The van der Waals surface area contributed by atoms with Gasteiger partial charge in [-0.2, -0.15) is 0 Å². The van der Waals surface area contributed by atoms with Gasteiger partial charge in [-0.3, -0.25) is 18.9 Å². The lowest BCUT2D eigenvalue weighted by Gasteiger charge is -2.24. The minimum atomic E-state index is -1.02. The fraction of sp³-hybridized carbons (Fsp3) is 0.188. The Bertz CT molecular complexity index is 1940. The van der Waals surface area contributed by atoms with Gasteiger partial charge >= 0.3 is 5.91 Å². The first kappa shape index (κ1) is 28.0. The zero-order valence-electron chi connectivity index (χ0n) is 23.7. The molecule has 3 aromatic heterocycles. The molecule has 2 aromatic carbocycles. The summed E-state index contributed by atoms with van der Waals surface area (Å²) in [6.07, 6.45) is 3.37. The molecule has 43 heavy (non-hydrogen) atoms. The van der Waals surface area contributed by atoms with Gasteiger partial charge in [0.05, 0.1) is 41.2 Å². The fourth-order valence-corrected chi connectivity index (χ4v) is 6.25. The van der Waals surface area contributed by atoms with Crippen LogP contribution < -0.4 is 19.1 Å². The van der Waals surface area contributed by atoms with Crippen LogP contribution >= 0.6 is 11.3 Å². The molecular weight excluding hydrogens is 568 g/mol. The summed E-state index contributed by atoms with van der Waals surface area (Å²) in [6.45, 7) is 7.91. The summed E-state index contributed by atoms with van der Waals surface area (Å²) in [5.74, 6) is -0.446. The Morgan fingerprint density at radius 1 is 1.09 bits per heavy atom. The van der Waals surface area contributed by atoms with Crippen LogP contribution in [0, 0.1) is 6.92 Å². The number of carbonyl (C=O) groups is 2. The molecule has 0 saturated carbocycles. The molecule has 1 unspecified atom stereocenters. The number of methoxy groups -OCH3 is 1. The lowest BCUT2D eigenvalue weighted by Crippen LogP contribution is -2.29. The van der Waals surface area contributed by atoms with Crippen molar-refractivity contribution in [1.29, 1.82) is 0 Å². The zero-order chi connectivity index (χ0) is 30.2. The van der Waals surface area contributed by atoms with Crippen molar-refractivity contribution in [1.82, 2.24) is 14.4 Å². The van der Waals surface area contributed by atoms with E-state index in [1.165, 1.54) is 16.2 Å². The maximum Gasteiger partial charge on any atom is 0.301 e. The number of ether oxygens (including phenoxy) is 3. The lowest BCUT2D eigenvalue weighted by atomic mass is 9.96. The Balaban J connectivity index is 1.59. The van der Waals surface area contributed by atoms with E-state index < -0.39 is 17.7 Å². The summed E-state index contributed by atoms with van der Waals surface area (Å²) in [7, 11) is 1.57. The number of thiazole rings is 1. The van der Waals surface area contributed by atoms with Crippen LogP contribution in [0.15, 0.2) is 79.0 Å². The van der Waals surface area contributed by atoms with Gasteiger partial charge in [-0.05, 0) is 61.9 Å².